The molecule has 9 aromatic carbocycles. The Labute approximate surface area is 320 Å². The highest BCUT2D eigenvalue weighted by Crippen LogP contribution is 2.52. The molecule has 1 aliphatic rings. The van der Waals surface area contributed by atoms with E-state index >= 15 is 0 Å². The van der Waals surface area contributed by atoms with Crippen LogP contribution in [0.4, 0.5) is 17.1 Å². The van der Waals surface area contributed by atoms with Crippen molar-refractivity contribution < 1.29 is 4.42 Å². The van der Waals surface area contributed by atoms with Crippen LogP contribution in [0.2, 0.25) is 0 Å². The van der Waals surface area contributed by atoms with Crippen molar-refractivity contribution in [3.05, 3.63) is 199 Å². The molecule has 1 aliphatic carbocycles. The molecule has 55 heavy (non-hydrogen) atoms. The van der Waals surface area contributed by atoms with Gasteiger partial charge in [-0.1, -0.05) is 172 Å². The molecule has 0 radical (unpaired) electrons. The first-order chi connectivity index (χ1) is 27.0. The second-order valence-electron chi connectivity index (χ2n) is 15.3. The first-order valence-electron chi connectivity index (χ1n) is 19.1. The van der Waals surface area contributed by atoms with Crippen molar-refractivity contribution in [2.75, 3.05) is 4.90 Å². The van der Waals surface area contributed by atoms with Gasteiger partial charge in [0.25, 0.3) is 0 Å². The molecule has 2 nitrogen and oxygen atoms in total. The lowest BCUT2D eigenvalue weighted by molar-refractivity contribution is 0.660. The second kappa shape index (κ2) is 12.1. The Bertz CT molecular complexity index is 3110. The third-order valence-corrected chi connectivity index (χ3v) is 11.8. The lowest BCUT2D eigenvalue weighted by atomic mass is 9.82. The Morgan fingerprint density at radius 2 is 1.02 bits per heavy atom. The predicted octanol–water partition coefficient (Wildman–Crippen LogP) is 15.0. The minimum atomic E-state index is -0.136. The predicted molar refractivity (Wildman–Crippen MR) is 232 cm³/mol. The SMILES string of the molecule is CC1(C)c2ccccc2-c2ccc(N(c3cccc4ccccc34)c3cccc4c3oc3c(-c5ccc(-c6ccccc6)cc5)c5ccccc5cc34)cc21. The van der Waals surface area contributed by atoms with Gasteiger partial charge in [-0.05, 0) is 85.4 Å². The van der Waals surface area contributed by atoms with Gasteiger partial charge in [0, 0.05) is 32.8 Å². The van der Waals surface area contributed by atoms with E-state index in [2.05, 4.69) is 207 Å². The van der Waals surface area contributed by atoms with Crippen molar-refractivity contribution in [1.29, 1.82) is 0 Å². The largest absolute Gasteiger partial charge is 0.453 e. The van der Waals surface area contributed by atoms with Crippen LogP contribution in [0.15, 0.2) is 192 Å². The Morgan fingerprint density at radius 1 is 0.400 bits per heavy atom. The summed E-state index contributed by atoms with van der Waals surface area (Å²) in [6, 6.07) is 68.2. The average Bonchev–Trinajstić information content (AvgIpc) is 3.72. The zero-order chi connectivity index (χ0) is 36.7. The number of fused-ring (bicyclic) bond motifs is 8. The van der Waals surface area contributed by atoms with E-state index in [0.29, 0.717) is 0 Å². The molecule has 11 rings (SSSR count). The number of anilines is 3. The number of para-hydroxylation sites is 1. The van der Waals surface area contributed by atoms with Gasteiger partial charge in [0.2, 0.25) is 0 Å². The smallest absolute Gasteiger partial charge is 0.159 e. The van der Waals surface area contributed by atoms with Gasteiger partial charge in [0.15, 0.2) is 5.58 Å². The van der Waals surface area contributed by atoms with E-state index in [0.717, 1.165) is 50.1 Å². The van der Waals surface area contributed by atoms with E-state index < -0.39 is 0 Å². The molecule has 0 amide bonds. The minimum absolute atomic E-state index is 0.136. The monoisotopic (exact) mass is 703 g/mol. The van der Waals surface area contributed by atoms with E-state index in [9.17, 15) is 0 Å². The molecule has 0 fully saturated rings. The average molecular weight is 704 g/mol. The summed E-state index contributed by atoms with van der Waals surface area (Å²) in [4.78, 5) is 2.42. The Hall–Kier alpha value is -6.90. The van der Waals surface area contributed by atoms with Crippen molar-refractivity contribution >= 4 is 60.5 Å². The normalized spacial score (nSPS) is 13.1. The van der Waals surface area contributed by atoms with Gasteiger partial charge in [0.05, 0.1) is 11.4 Å². The highest BCUT2D eigenvalue weighted by molar-refractivity contribution is 6.20. The van der Waals surface area contributed by atoms with Crippen molar-refractivity contribution in [2.24, 2.45) is 0 Å². The van der Waals surface area contributed by atoms with Crippen LogP contribution in [0.25, 0.3) is 76.9 Å². The third kappa shape index (κ3) is 4.81. The zero-order valence-electron chi connectivity index (χ0n) is 30.8. The molecule has 10 aromatic rings. The maximum Gasteiger partial charge on any atom is 0.159 e. The lowest BCUT2D eigenvalue weighted by Crippen LogP contribution is -2.16. The molecule has 260 valence electrons. The Morgan fingerprint density at radius 3 is 1.87 bits per heavy atom. The molecule has 0 aliphatic heterocycles. The van der Waals surface area contributed by atoms with E-state index in [1.165, 1.54) is 54.9 Å². The van der Waals surface area contributed by atoms with Crippen LogP contribution < -0.4 is 4.90 Å². The van der Waals surface area contributed by atoms with Gasteiger partial charge >= 0.3 is 0 Å². The standard InChI is InChI=1S/C53H37NO/c1-53(2)46-23-11-10-21-42(46)43-31-30-39(33-47(43)53)54(48-24-12-18-36-16-6-8-19-40(36)48)49-25-13-22-44-45-32-38-17-7-9-20-41(38)50(52(45)55-51(44)49)37-28-26-35(27-29-37)34-14-4-3-5-15-34/h3-33H,1-2H3. The van der Waals surface area contributed by atoms with Crippen LogP contribution in [-0.4, -0.2) is 0 Å². The molecule has 2 heteroatoms. The van der Waals surface area contributed by atoms with Gasteiger partial charge in [-0.15, -0.1) is 0 Å². The van der Waals surface area contributed by atoms with Crippen LogP contribution >= 0.6 is 0 Å². The van der Waals surface area contributed by atoms with Gasteiger partial charge in [-0.3, -0.25) is 0 Å². The molecular formula is C53H37NO. The van der Waals surface area contributed by atoms with Crippen LogP contribution in [0.5, 0.6) is 0 Å². The summed E-state index contributed by atoms with van der Waals surface area (Å²) in [5, 5.41) is 6.96. The first kappa shape index (κ1) is 31.6. The zero-order valence-corrected chi connectivity index (χ0v) is 30.8. The number of furan rings is 1. The van der Waals surface area contributed by atoms with Gasteiger partial charge in [-0.2, -0.15) is 0 Å². The second-order valence-corrected chi connectivity index (χ2v) is 15.3. The van der Waals surface area contributed by atoms with Crippen molar-refractivity contribution in [1.82, 2.24) is 0 Å². The van der Waals surface area contributed by atoms with E-state index in [4.69, 9.17) is 4.42 Å². The summed E-state index contributed by atoms with van der Waals surface area (Å²) in [6.45, 7) is 4.70. The van der Waals surface area contributed by atoms with Crippen LogP contribution in [0.3, 0.4) is 0 Å². The highest BCUT2D eigenvalue weighted by atomic mass is 16.3. The van der Waals surface area contributed by atoms with Gasteiger partial charge in [-0.25, -0.2) is 0 Å². The van der Waals surface area contributed by atoms with Crippen LogP contribution in [0, 0.1) is 0 Å². The molecule has 0 atom stereocenters. The summed E-state index contributed by atoms with van der Waals surface area (Å²) in [7, 11) is 0. The van der Waals surface area contributed by atoms with Gasteiger partial charge < -0.3 is 9.32 Å². The van der Waals surface area contributed by atoms with E-state index in [1.807, 2.05) is 0 Å². The quantitative estimate of drug-likeness (QED) is 0.177. The fourth-order valence-corrected chi connectivity index (χ4v) is 9.15. The number of nitrogens with zero attached hydrogens (tertiary/aromatic N) is 1. The molecule has 0 unspecified atom stereocenters. The molecular weight excluding hydrogens is 667 g/mol. The third-order valence-electron chi connectivity index (χ3n) is 11.8. The number of benzene rings is 9. The molecule has 1 heterocycles. The summed E-state index contributed by atoms with van der Waals surface area (Å²) >= 11 is 0. The maximum absolute atomic E-state index is 7.27. The Kier molecular flexibility index (Phi) is 6.93. The topological polar surface area (TPSA) is 16.4 Å². The van der Waals surface area contributed by atoms with Crippen LogP contribution in [0.1, 0.15) is 25.0 Å². The lowest BCUT2D eigenvalue weighted by Gasteiger charge is -2.29. The molecule has 0 bridgehead atoms. The fraction of sp³-hybridized carbons (Fsp3) is 0.0566. The van der Waals surface area contributed by atoms with E-state index in [-0.39, 0.29) is 5.41 Å². The van der Waals surface area contributed by atoms with Crippen molar-refractivity contribution in [3.8, 4) is 33.4 Å². The number of hydrogen-bond donors (Lipinski definition) is 0. The molecule has 1 aromatic heterocycles. The Balaban J connectivity index is 1.17. The summed E-state index contributed by atoms with van der Waals surface area (Å²) in [5.41, 5.74) is 14.8. The van der Waals surface area contributed by atoms with Crippen LogP contribution in [-0.2, 0) is 5.41 Å². The highest BCUT2D eigenvalue weighted by Gasteiger charge is 2.36. The van der Waals surface area contributed by atoms with Gasteiger partial charge in [0.1, 0.15) is 5.58 Å². The minimum Gasteiger partial charge on any atom is -0.453 e. The summed E-state index contributed by atoms with van der Waals surface area (Å²) in [5.74, 6) is 0. The fourth-order valence-electron chi connectivity index (χ4n) is 9.15. The molecule has 0 saturated heterocycles. The molecule has 0 N–H and O–H groups in total. The molecule has 0 spiro atoms. The number of hydrogen-bond acceptors (Lipinski definition) is 2. The van der Waals surface area contributed by atoms with E-state index in [1.54, 1.807) is 0 Å². The first-order valence-corrected chi connectivity index (χ1v) is 19.1. The molecule has 0 saturated carbocycles. The summed E-state index contributed by atoms with van der Waals surface area (Å²) < 4.78 is 7.27. The maximum atomic E-state index is 7.27. The number of rotatable bonds is 5. The van der Waals surface area contributed by atoms with Crippen molar-refractivity contribution in [2.45, 2.75) is 19.3 Å². The van der Waals surface area contributed by atoms with Crippen molar-refractivity contribution in [3.63, 3.8) is 0 Å². The summed E-state index contributed by atoms with van der Waals surface area (Å²) in [6.07, 6.45) is 0.